The second-order valence-corrected chi connectivity index (χ2v) is 8.37. The summed E-state index contributed by atoms with van der Waals surface area (Å²) in [6.07, 6.45) is 10.1. The van der Waals surface area contributed by atoms with Crippen molar-refractivity contribution in [3.63, 3.8) is 0 Å². The Labute approximate surface area is 139 Å². The Morgan fingerprint density at radius 1 is 1.04 bits per heavy atom. The smallest absolute Gasteiger partial charge is 0.240 e. The van der Waals surface area contributed by atoms with Gasteiger partial charge in [0.05, 0.1) is 4.90 Å². The summed E-state index contributed by atoms with van der Waals surface area (Å²) in [5.41, 5.74) is 0. The Bertz CT molecular complexity index is 620. The van der Waals surface area contributed by atoms with Gasteiger partial charge in [-0.1, -0.05) is 30.4 Å². The van der Waals surface area contributed by atoms with Crippen LogP contribution in [0, 0.1) is 5.92 Å². The molecule has 0 bridgehead atoms. The molecule has 5 heteroatoms. The van der Waals surface area contributed by atoms with Crippen molar-refractivity contribution in [2.45, 2.75) is 43.0 Å². The van der Waals surface area contributed by atoms with E-state index in [4.69, 9.17) is 0 Å². The summed E-state index contributed by atoms with van der Waals surface area (Å²) in [4.78, 5) is 2.85. The first-order valence-electron chi connectivity index (χ1n) is 8.58. The standard InChI is InChI=1S/C18H26N2O2S/c21-23(22,18-9-5-2-6-10-18)19-17-11-13-20(14-12-17)15-16-7-3-1-4-8-16/h1-3,5-6,9-10,16-17,19H,4,7-8,11-15H2/t16-/m1/s1. The normalized spacial score (nSPS) is 23.9. The first-order valence-corrected chi connectivity index (χ1v) is 10.1. The first kappa shape index (κ1) is 16.7. The van der Waals surface area contributed by atoms with Gasteiger partial charge in [0, 0.05) is 12.6 Å². The number of likely N-dealkylation sites (tertiary alicyclic amines) is 1. The fraction of sp³-hybridized carbons (Fsp3) is 0.556. The summed E-state index contributed by atoms with van der Waals surface area (Å²) in [6.45, 7) is 3.13. The molecule has 1 heterocycles. The van der Waals surface area contributed by atoms with E-state index in [1.165, 1.54) is 19.3 Å². The van der Waals surface area contributed by atoms with Gasteiger partial charge < -0.3 is 4.90 Å². The van der Waals surface area contributed by atoms with Crippen molar-refractivity contribution in [1.29, 1.82) is 0 Å². The molecule has 0 unspecified atom stereocenters. The highest BCUT2D eigenvalue weighted by Crippen LogP contribution is 2.22. The maximum absolute atomic E-state index is 12.4. The van der Waals surface area contributed by atoms with Crippen LogP contribution in [-0.4, -0.2) is 39.0 Å². The molecule has 1 saturated heterocycles. The van der Waals surface area contributed by atoms with Crippen molar-refractivity contribution < 1.29 is 8.42 Å². The number of hydrogen-bond acceptors (Lipinski definition) is 3. The largest absolute Gasteiger partial charge is 0.303 e. The average molecular weight is 334 g/mol. The van der Waals surface area contributed by atoms with E-state index < -0.39 is 10.0 Å². The lowest BCUT2D eigenvalue weighted by molar-refractivity contribution is 0.174. The number of nitrogens with zero attached hydrogens (tertiary/aromatic N) is 1. The summed E-state index contributed by atoms with van der Waals surface area (Å²) in [6, 6.07) is 8.70. The van der Waals surface area contributed by atoms with Crippen LogP contribution in [0.4, 0.5) is 0 Å². The molecule has 1 fully saturated rings. The van der Waals surface area contributed by atoms with Crippen LogP contribution in [0.15, 0.2) is 47.4 Å². The molecule has 3 rings (SSSR count). The minimum Gasteiger partial charge on any atom is -0.303 e. The molecule has 0 amide bonds. The van der Waals surface area contributed by atoms with E-state index in [9.17, 15) is 8.42 Å². The van der Waals surface area contributed by atoms with E-state index in [1.807, 2.05) is 6.07 Å². The van der Waals surface area contributed by atoms with E-state index in [0.717, 1.165) is 38.4 Å². The van der Waals surface area contributed by atoms with Gasteiger partial charge in [-0.2, -0.15) is 0 Å². The fourth-order valence-corrected chi connectivity index (χ4v) is 4.83. The van der Waals surface area contributed by atoms with Gasteiger partial charge in [-0.05, 0) is 63.2 Å². The predicted molar refractivity (Wildman–Crippen MR) is 92.7 cm³/mol. The van der Waals surface area contributed by atoms with E-state index in [1.54, 1.807) is 24.3 Å². The lowest BCUT2D eigenvalue weighted by atomic mass is 9.93. The number of nitrogens with one attached hydrogen (secondary N) is 1. The van der Waals surface area contributed by atoms with Crippen LogP contribution in [0.1, 0.15) is 32.1 Å². The molecule has 0 spiro atoms. The van der Waals surface area contributed by atoms with E-state index in [0.29, 0.717) is 4.90 Å². The molecule has 0 radical (unpaired) electrons. The quantitative estimate of drug-likeness (QED) is 0.843. The molecule has 0 saturated carbocycles. The molecule has 1 aromatic rings. The van der Waals surface area contributed by atoms with Gasteiger partial charge in [-0.25, -0.2) is 13.1 Å². The number of hydrogen-bond donors (Lipinski definition) is 1. The van der Waals surface area contributed by atoms with Gasteiger partial charge in [0.2, 0.25) is 10.0 Å². The molecule has 4 nitrogen and oxygen atoms in total. The predicted octanol–water partition coefficient (Wildman–Crippen LogP) is 2.79. The van der Waals surface area contributed by atoms with Crippen molar-refractivity contribution in [1.82, 2.24) is 9.62 Å². The highest BCUT2D eigenvalue weighted by atomic mass is 32.2. The molecule has 0 aromatic heterocycles. The number of sulfonamides is 1. The molecule has 1 aromatic carbocycles. The molecular formula is C18H26N2O2S. The van der Waals surface area contributed by atoms with Crippen molar-refractivity contribution in [2.24, 2.45) is 5.92 Å². The lowest BCUT2D eigenvalue weighted by Gasteiger charge is -2.34. The minimum absolute atomic E-state index is 0.0581. The van der Waals surface area contributed by atoms with Gasteiger partial charge in [0.25, 0.3) is 0 Å². The third kappa shape index (κ3) is 4.66. The number of benzene rings is 1. The Morgan fingerprint density at radius 3 is 2.43 bits per heavy atom. The van der Waals surface area contributed by atoms with Gasteiger partial charge in [0.15, 0.2) is 0 Å². The van der Waals surface area contributed by atoms with Crippen molar-refractivity contribution >= 4 is 10.0 Å². The van der Waals surface area contributed by atoms with E-state index in [-0.39, 0.29) is 6.04 Å². The summed E-state index contributed by atoms with van der Waals surface area (Å²) in [5.74, 6) is 0.776. The Morgan fingerprint density at radius 2 is 1.78 bits per heavy atom. The van der Waals surface area contributed by atoms with Gasteiger partial charge in [-0.3, -0.25) is 0 Å². The summed E-state index contributed by atoms with van der Waals surface area (Å²) in [7, 11) is -3.38. The van der Waals surface area contributed by atoms with Crippen molar-refractivity contribution in [3.8, 4) is 0 Å². The maximum Gasteiger partial charge on any atom is 0.240 e. The van der Waals surface area contributed by atoms with Crippen LogP contribution in [-0.2, 0) is 10.0 Å². The van der Waals surface area contributed by atoms with E-state index >= 15 is 0 Å². The average Bonchev–Trinajstić information content (AvgIpc) is 2.58. The zero-order chi connectivity index (χ0) is 16.1. The molecule has 23 heavy (non-hydrogen) atoms. The third-order valence-electron chi connectivity index (χ3n) is 4.86. The first-order chi connectivity index (χ1) is 11.1. The Balaban J connectivity index is 1.48. The Kier molecular flexibility index (Phi) is 5.51. The number of allylic oxidation sites excluding steroid dienone is 2. The molecule has 1 aliphatic heterocycles. The highest BCUT2D eigenvalue weighted by Gasteiger charge is 2.25. The number of rotatable bonds is 5. The monoisotopic (exact) mass is 334 g/mol. The molecular weight excluding hydrogens is 308 g/mol. The van der Waals surface area contributed by atoms with Crippen LogP contribution in [0.25, 0.3) is 0 Å². The van der Waals surface area contributed by atoms with Gasteiger partial charge in [0.1, 0.15) is 0 Å². The van der Waals surface area contributed by atoms with Crippen molar-refractivity contribution in [2.75, 3.05) is 19.6 Å². The van der Waals surface area contributed by atoms with Crippen LogP contribution in [0.2, 0.25) is 0 Å². The van der Waals surface area contributed by atoms with E-state index in [2.05, 4.69) is 21.8 Å². The van der Waals surface area contributed by atoms with Gasteiger partial charge in [-0.15, -0.1) is 0 Å². The molecule has 126 valence electrons. The summed E-state index contributed by atoms with van der Waals surface area (Å²) >= 11 is 0. The summed E-state index contributed by atoms with van der Waals surface area (Å²) < 4.78 is 27.6. The maximum atomic E-state index is 12.4. The second-order valence-electron chi connectivity index (χ2n) is 6.66. The second kappa shape index (κ2) is 7.60. The fourth-order valence-electron chi connectivity index (χ4n) is 3.51. The molecule has 1 aliphatic carbocycles. The van der Waals surface area contributed by atoms with Gasteiger partial charge >= 0.3 is 0 Å². The zero-order valence-electron chi connectivity index (χ0n) is 13.5. The van der Waals surface area contributed by atoms with Crippen molar-refractivity contribution in [3.05, 3.63) is 42.5 Å². The summed E-state index contributed by atoms with van der Waals surface area (Å²) in [5, 5.41) is 0. The van der Waals surface area contributed by atoms with Crippen LogP contribution in [0.5, 0.6) is 0 Å². The molecule has 1 N–H and O–H groups in total. The SMILES string of the molecule is O=S(=O)(NC1CCN(C[C@@H]2CC=CCC2)CC1)c1ccccc1. The lowest BCUT2D eigenvalue weighted by Crippen LogP contribution is -2.45. The van der Waals surface area contributed by atoms with Crippen LogP contribution < -0.4 is 4.72 Å². The van der Waals surface area contributed by atoms with Crippen LogP contribution >= 0.6 is 0 Å². The molecule has 2 aliphatic rings. The van der Waals surface area contributed by atoms with Crippen LogP contribution in [0.3, 0.4) is 0 Å². The topological polar surface area (TPSA) is 49.4 Å². The zero-order valence-corrected chi connectivity index (χ0v) is 14.3. The Hall–Kier alpha value is -1.17. The highest BCUT2D eigenvalue weighted by molar-refractivity contribution is 7.89. The minimum atomic E-state index is -3.38. The number of piperidine rings is 1. The third-order valence-corrected chi connectivity index (χ3v) is 6.39. The molecule has 1 atom stereocenters.